The summed E-state index contributed by atoms with van der Waals surface area (Å²) in [6.07, 6.45) is 6.16. The number of nitrogens with zero attached hydrogens (tertiary/aromatic N) is 2. The van der Waals surface area contributed by atoms with Gasteiger partial charge in [0.15, 0.2) is 15.8 Å². The van der Waals surface area contributed by atoms with Crippen molar-refractivity contribution in [3.63, 3.8) is 0 Å². The Bertz CT molecular complexity index is 694. The minimum absolute atomic E-state index is 0.354. The molecule has 1 fully saturated rings. The van der Waals surface area contributed by atoms with Crippen molar-refractivity contribution < 1.29 is 8.42 Å². The van der Waals surface area contributed by atoms with Crippen LogP contribution in [0.1, 0.15) is 45.1 Å². The molecule has 1 saturated heterocycles. The van der Waals surface area contributed by atoms with Gasteiger partial charge in [-0.05, 0) is 42.4 Å². The number of hydrogen-bond acceptors (Lipinski definition) is 3. The average molecular weight is 366 g/mol. The van der Waals surface area contributed by atoms with Crippen molar-refractivity contribution in [2.24, 2.45) is 10.4 Å². The van der Waals surface area contributed by atoms with E-state index in [0.29, 0.717) is 16.9 Å². The van der Waals surface area contributed by atoms with Crippen molar-refractivity contribution in [1.29, 1.82) is 0 Å². The van der Waals surface area contributed by atoms with E-state index >= 15 is 0 Å². The van der Waals surface area contributed by atoms with Gasteiger partial charge in [0.25, 0.3) is 0 Å². The largest absolute Gasteiger partial charge is 0.352 e. The zero-order valence-electron chi connectivity index (χ0n) is 15.9. The van der Waals surface area contributed by atoms with Gasteiger partial charge in [0, 0.05) is 32.9 Å². The highest BCUT2D eigenvalue weighted by molar-refractivity contribution is 7.90. The first-order valence-electron chi connectivity index (χ1n) is 9.02. The number of aliphatic imine (C=N–C) groups is 1. The van der Waals surface area contributed by atoms with Crippen LogP contribution in [0.4, 0.5) is 0 Å². The van der Waals surface area contributed by atoms with Crippen molar-refractivity contribution in [2.75, 3.05) is 26.4 Å². The van der Waals surface area contributed by atoms with E-state index < -0.39 is 9.84 Å². The van der Waals surface area contributed by atoms with E-state index in [2.05, 4.69) is 29.1 Å². The first-order chi connectivity index (χ1) is 11.8. The molecule has 1 aliphatic rings. The molecule has 1 unspecified atom stereocenters. The van der Waals surface area contributed by atoms with Crippen molar-refractivity contribution in [2.45, 2.75) is 51.0 Å². The summed E-state index contributed by atoms with van der Waals surface area (Å²) in [6.45, 7) is 7.33. The summed E-state index contributed by atoms with van der Waals surface area (Å²) >= 11 is 0. The van der Waals surface area contributed by atoms with Gasteiger partial charge in [0.05, 0.1) is 4.90 Å². The molecule has 1 aromatic rings. The molecule has 1 atom stereocenters. The van der Waals surface area contributed by atoms with Crippen LogP contribution < -0.4 is 5.32 Å². The van der Waals surface area contributed by atoms with Gasteiger partial charge in [-0.25, -0.2) is 8.42 Å². The second kappa shape index (κ2) is 8.21. The fraction of sp³-hybridized carbons (Fsp3) is 0.632. The molecule has 0 aromatic heterocycles. The van der Waals surface area contributed by atoms with Crippen molar-refractivity contribution >= 4 is 15.8 Å². The number of piperidine rings is 1. The molecule has 0 saturated carbocycles. The van der Waals surface area contributed by atoms with Crippen molar-refractivity contribution in [3.8, 4) is 0 Å². The van der Waals surface area contributed by atoms with E-state index in [9.17, 15) is 8.42 Å². The maximum atomic E-state index is 11.5. The van der Waals surface area contributed by atoms with Crippen molar-refractivity contribution in [1.82, 2.24) is 10.2 Å². The number of likely N-dealkylation sites (tertiary alicyclic amines) is 1. The molecule has 6 heteroatoms. The van der Waals surface area contributed by atoms with Gasteiger partial charge in [0.1, 0.15) is 0 Å². The summed E-state index contributed by atoms with van der Waals surface area (Å²) < 4.78 is 23.1. The Morgan fingerprint density at radius 1 is 1.32 bits per heavy atom. The molecular weight excluding hydrogens is 334 g/mol. The monoisotopic (exact) mass is 365 g/mol. The normalized spacial score (nSPS) is 22.1. The lowest BCUT2D eigenvalue weighted by molar-refractivity contribution is 0.142. The van der Waals surface area contributed by atoms with Crippen LogP contribution in [0.2, 0.25) is 0 Å². The number of benzene rings is 1. The summed E-state index contributed by atoms with van der Waals surface area (Å²) in [7, 11) is -1.32. The lowest BCUT2D eigenvalue weighted by Crippen LogP contribution is -2.49. The summed E-state index contributed by atoms with van der Waals surface area (Å²) in [5.41, 5.74) is 1.41. The predicted octanol–water partition coefficient (Wildman–Crippen LogP) is 3.07. The Morgan fingerprint density at radius 3 is 2.56 bits per heavy atom. The Morgan fingerprint density at radius 2 is 2.00 bits per heavy atom. The predicted molar refractivity (Wildman–Crippen MR) is 104 cm³/mol. The molecule has 0 radical (unpaired) electrons. The third-order valence-corrected chi connectivity index (χ3v) is 6.08. The minimum Gasteiger partial charge on any atom is -0.352 e. The van der Waals surface area contributed by atoms with E-state index in [1.165, 1.54) is 31.9 Å². The molecule has 1 N–H and O–H groups in total. The Labute approximate surface area is 152 Å². The number of hydrogen-bond donors (Lipinski definition) is 1. The fourth-order valence-electron chi connectivity index (χ4n) is 3.67. The second-order valence-corrected chi connectivity index (χ2v) is 9.42. The molecule has 0 bridgehead atoms. The van der Waals surface area contributed by atoms with Gasteiger partial charge < -0.3 is 10.2 Å². The fourth-order valence-corrected chi connectivity index (χ4v) is 4.30. The molecular formula is C19H31N3O2S. The molecule has 2 rings (SSSR count). The third-order valence-electron chi connectivity index (χ3n) is 4.95. The Balaban J connectivity index is 1.98. The molecule has 1 heterocycles. The van der Waals surface area contributed by atoms with E-state index in [1.54, 1.807) is 12.1 Å². The first kappa shape index (κ1) is 19.8. The number of sulfone groups is 1. The average Bonchev–Trinajstić information content (AvgIpc) is 2.55. The van der Waals surface area contributed by atoms with Crippen LogP contribution in [-0.4, -0.2) is 45.7 Å². The number of guanidine groups is 1. The van der Waals surface area contributed by atoms with Crippen LogP contribution >= 0.6 is 0 Å². The number of nitrogens with one attached hydrogen (secondary N) is 1. The SMILES string of the molecule is CCCC1(C)CCCN(C(=NC)NCc2ccc(S(C)(=O)=O)cc2)C1. The highest BCUT2D eigenvalue weighted by Gasteiger charge is 2.31. The zero-order chi connectivity index (χ0) is 18.5. The minimum atomic E-state index is -3.14. The van der Waals surface area contributed by atoms with Crippen LogP contribution in [0.25, 0.3) is 0 Å². The standard InChI is InChI=1S/C19H31N3O2S/c1-5-11-19(2)12-6-13-22(15-19)18(20-3)21-14-16-7-9-17(10-8-16)25(4,23)24/h7-10H,5-6,11-15H2,1-4H3,(H,20,21). The summed E-state index contributed by atoms with van der Waals surface area (Å²) in [6, 6.07) is 7.03. The molecule has 25 heavy (non-hydrogen) atoms. The van der Waals surface area contributed by atoms with Gasteiger partial charge in [-0.1, -0.05) is 32.4 Å². The maximum absolute atomic E-state index is 11.5. The summed E-state index contributed by atoms with van der Waals surface area (Å²) in [4.78, 5) is 7.15. The van der Waals surface area contributed by atoms with Crippen LogP contribution in [-0.2, 0) is 16.4 Å². The highest BCUT2D eigenvalue weighted by atomic mass is 32.2. The summed E-state index contributed by atoms with van der Waals surface area (Å²) in [5, 5.41) is 3.42. The highest BCUT2D eigenvalue weighted by Crippen LogP contribution is 2.33. The summed E-state index contributed by atoms with van der Waals surface area (Å²) in [5.74, 6) is 0.925. The molecule has 0 amide bonds. The van der Waals surface area contributed by atoms with E-state index in [0.717, 1.165) is 24.6 Å². The lowest BCUT2D eigenvalue weighted by atomic mass is 9.78. The second-order valence-electron chi connectivity index (χ2n) is 7.40. The quantitative estimate of drug-likeness (QED) is 0.643. The van der Waals surface area contributed by atoms with Gasteiger partial charge in [-0.3, -0.25) is 4.99 Å². The molecule has 140 valence electrons. The van der Waals surface area contributed by atoms with E-state index in [4.69, 9.17) is 0 Å². The molecule has 5 nitrogen and oxygen atoms in total. The Hall–Kier alpha value is -1.56. The van der Waals surface area contributed by atoms with E-state index in [1.807, 2.05) is 19.2 Å². The van der Waals surface area contributed by atoms with Crippen molar-refractivity contribution in [3.05, 3.63) is 29.8 Å². The maximum Gasteiger partial charge on any atom is 0.193 e. The smallest absolute Gasteiger partial charge is 0.193 e. The topological polar surface area (TPSA) is 61.8 Å². The first-order valence-corrected chi connectivity index (χ1v) is 10.9. The number of rotatable bonds is 5. The van der Waals surface area contributed by atoms with Crippen LogP contribution in [0.3, 0.4) is 0 Å². The molecule has 1 aromatic carbocycles. The molecule has 1 aliphatic heterocycles. The van der Waals surface area contributed by atoms with E-state index in [-0.39, 0.29) is 0 Å². The van der Waals surface area contributed by atoms with Crippen LogP contribution in [0, 0.1) is 5.41 Å². The van der Waals surface area contributed by atoms with Crippen LogP contribution in [0.5, 0.6) is 0 Å². The molecule has 0 spiro atoms. The lowest BCUT2D eigenvalue weighted by Gasteiger charge is -2.42. The molecule has 0 aliphatic carbocycles. The van der Waals surface area contributed by atoms with Gasteiger partial charge in [-0.15, -0.1) is 0 Å². The Kier molecular flexibility index (Phi) is 6.49. The third kappa shape index (κ3) is 5.46. The zero-order valence-corrected chi connectivity index (χ0v) is 16.7. The van der Waals surface area contributed by atoms with Gasteiger partial charge >= 0.3 is 0 Å². The van der Waals surface area contributed by atoms with Gasteiger partial charge in [-0.2, -0.15) is 0 Å². The van der Waals surface area contributed by atoms with Crippen LogP contribution in [0.15, 0.2) is 34.2 Å². The van der Waals surface area contributed by atoms with Gasteiger partial charge in [0.2, 0.25) is 0 Å².